The van der Waals surface area contributed by atoms with Crippen molar-refractivity contribution in [2.45, 2.75) is 51.6 Å². The fourth-order valence-electron chi connectivity index (χ4n) is 3.16. The minimum absolute atomic E-state index is 0.0541. The molecule has 1 fully saturated rings. The van der Waals surface area contributed by atoms with Gasteiger partial charge in [0.2, 0.25) is 5.91 Å². The van der Waals surface area contributed by atoms with Crippen molar-refractivity contribution in [1.82, 2.24) is 10.6 Å². The zero-order valence-electron chi connectivity index (χ0n) is 12.8. The zero-order chi connectivity index (χ0) is 15.0. The van der Waals surface area contributed by atoms with Crippen LogP contribution in [0.3, 0.4) is 0 Å². The van der Waals surface area contributed by atoms with E-state index < -0.39 is 0 Å². The molecular formula is C16H23N3O2. The van der Waals surface area contributed by atoms with Crippen LogP contribution in [0.2, 0.25) is 0 Å². The van der Waals surface area contributed by atoms with Crippen LogP contribution in [-0.2, 0) is 16.0 Å². The van der Waals surface area contributed by atoms with Crippen LogP contribution >= 0.6 is 0 Å². The van der Waals surface area contributed by atoms with Gasteiger partial charge in [-0.2, -0.15) is 0 Å². The van der Waals surface area contributed by atoms with E-state index in [0.717, 1.165) is 12.1 Å². The van der Waals surface area contributed by atoms with Gasteiger partial charge >= 0.3 is 0 Å². The molecule has 1 aromatic rings. The lowest BCUT2D eigenvalue weighted by atomic mass is 10.1. The van der Waals surface area contributed by atoms with Crippen LogP contribution in [0.25, 0.3) is 0 Å². The van der Waals surface area contributed by atoms with Crippen molar-refractivity contribution in [2.75, 3.05) is 11.9 Å². The largest absolute Gasteiger partial charge is 0.373 e. The lowest BCUT2D eigenvalue weighted by Gasteiger charge is -2.17. The monoisotopic (exact) mass is 289 g/mol. The number of nitrogens with one attached hydrogen (secondary N) is 3. The van der Waals surface area contributed by atoms with Gasteiger partial charge in [0.1, 0.15) is 12.3 Å². The molecule has 0 bridgehead atoms. The lowest BCUT2D eigenvalue weighted by Crippen LogP contribution is -2.46. The maximum absolute atomic E-state index is 12.3. The van der Waals surface area contributed by atoms with Crippen LogP contribution in [0, 0.1) is 6.92 Å². The highest BCUT2D eigenvalue weighted by Gasteiger charge is 2.31. The van der Waals surface area contributed by atoms with Crippen molar-refractivity contribution in [3.05, 3.63) is 29.3 Å². The number of amides is 1. The summed E-state index contributed by atoms with van der Waals surface area (Å²) in [6.07, 6.45) is 0.929. The van der Waals surface area contributed by atoms with Gasteiger partial charge in [-0.3, -0.25) is 10.1 Å². The van der Waals surface area contributed by atoms with Gasteiger partial charge in [-0.1, -0.05) is 18.2 Å². The maximum atomic E-state index is 12.3. The van der Waals surface area contributed by atoms with E-state index in [1.165, 1.54) is 11.1 Å². The summed E-state index contributed by atoms with van der Waals surface area (Å²) in [4.78, 5) is 12.3. The molecule has 21 heavy (non-hydrogen) atoms. The summed E-state index contributed by atoms with van der Waals surface area (Å²) >= 11 is 0. The molecule has 2 aliphatic rings. The molecule has 4 atom stereocenters. The van der Waals surface area contributed by atoms with Crippen LogP contribution in [0.5, 0.6) is 0 Å². The number of para-hydroxylation sites is 1. The Morgan fingerprint density at radius 3 is 2.90 bits per heavy atom. The molecule has 4 unspecified atom stereocenters. The number of ether oxygens (including phenoxy) is 1. The summed E-state index contributed by atoms with van der Waals surface area (Å²) in [5.41, 5.74) is 3.53. The minimum Gasteiger partial charge on any atom is -0.373 e. The zero-order valence-corrected chi connectivity index (χ0v) is 12.8. The van der Waals surface area contributed by atoms with Gasteiger partial charge in [0.15, 0.2) is 0 Å². The average Bonchev–Trinajstić information content (AvgIpc) is 3.00. The Hall–Kier alpha value is -1.59. The van der Waals surface area contributed by atoms with Crippen LogP contribution in [-0.4, -0.2) is 36.9 Å². The molecule has 0 aliphatic carbocycles. The number of benzene rings is 1. The summed E-state index contributed by atoms with van der Waals surface area (Å²) in [5, 5.41) is 9.68. The number of carbonyl (C=O) groups excluding carboxylic acids is 1. The van der Waals surface area contributed by atoms with Crippen molar-refractivity contribution in [3.63, 3.8) is 0 Å². The van der Waals surface area contributed by atoms with Crippen LogP contribution in [0.15, 0.2) is 18.2 Å². The third kappa shape index (κ3) is 2.89. The molecule has 0 radical (unpaired) electrons. The quantitative estimate of drug-likeness (QED) is 0.782. The van der Waals surface area contributed by atoms with Crippen molar-refractivity contribution in [1.29, 1.82) is 0 Å². The summed E-state index contributed by atoms with van der Waals surface area (Å²) < 4.78 is 5.62. The van der Waals surface area contributed by atoms with Crippen molar-refractivity contribution in [2.24, 2.45) is 0 Å². The Morgan fingerprint density at radius 2 is 2.24 bits per heavy atom. The Labute approximate surface area is 125 Å². The van der Waals surface area contributed by atoms with E-state index in [1.54, 1.807) is 0 Å². The highest BCUT2D eigenvalue weighted by molar-refractivity contribution is 5.87. The normalized spacial score (nSPS) is 30.8. The lowest BCUT2D eigenvalue weighted by molar-refractivity contribution is -0.121. The molecule has 2 heterocycles. The van der Waals surface area contributed by atoms with Gasteiger partial charge < -0.3 is 15.4 Å². The number of anilines is 1. The first kappa shape index (κ1) is 14.4. The Kier molecular flexibility index (Phi) is 3.87. The first-order chi connectivity index (χ1) is 10.0. The standard InChI is InChI=1S/C16H23N3O2/c1-9-5-4-6-12-7-13(19-15(9)12)16(20)17-8-14-10(2)21-11(3)18-14/h4-6,10-11,13-14,18-19H,7-8H2,1-3H3,(H,17,20). The predicted octanol–water partition coefficient (Wildman–Crippen LogP) is 1.17. The van der Waals surface area contributed by atoms with E-state index in [0.29, 0.717) is 6.54 Å². The number of aryl methyl sites for hydroxylation is 1. The highest BCUT2D eigenvalue weighted by atomic mass is 16.5. The van der Waals surface area contributed by atoms with E-state index in [2.05, 4.69) is 35.0 Å². The second-order valence-corrected chi connectivity index (χ2v) is 6.01. The topological polar surface area (TPSA) is 62.4 Å². The molecule has 3 N–H and O–H groups in total. The number of hydrogen-bond acceptors (Lipinski definition) is 4. The number of rotatable bonds is 3. The van der Waals surface area contributed by atoms with E-state index in [-0.39, 0.29) is 30.3 Å². The van der Waals surface area contributed by atoms with Crippen LogP contribution in [0.1, 0.15) is 25.0 Å². The Bertz CT molecular complexity index is 546. The number of carbonyl (C=O) groups is 1. The van der Waals surface area contributed by atoms with E-state index >= 15 is 0 Å². The second-order valence-electron chi connectivity index (χ2n) is 6.01. The van der Waals surface area contributed by atoms with E-state index in [9.17, 15) is 4.79 Å². The molecule has 0 saturated carbocycles. The van der Waals surface area contributed by atoms with Crippen molar-refractivity contribution < 1.29 is 9.53 Å². The fraction of sp³-hybridized carbons (Fsp3) is 0.562. The second kappa shape index (κ2) is 5.66. The van der Waals surface area contributed by atoms with E-state index in [1.807, 2.05) is 19.9 Å². The molecular weight excluding hydrogens is 266 g/mol. The average molecular weight is 289 g/mol. The van der Waals surface area contributed by atoms with Crippen LogP contribution < -0.4 is 16.0 Å². The van der Waals surface area contributed by atoms with Crippen LogP contribution in [0.4, 0.5) is 5.69 Å². The molecule has 3 rings (SSSR count). The smallest absolute Gasteiger partial charge is 0.242 e. The predicted molar refractivity (Wildman–Crippen MR) is 82.2 cm³/mol. The van der Waals surface area contributed by atoms with Crippen molar-refractivity contribution in [3.8, 4) is 0 Å². The molecule has 114 valence electrons. The van der Waals surface area contributed by atoms with Gasteiger partial charge in [0.05, 0.1) is 12.1 Å². The van der Waals surface area contributed by atoms with Gasteiger partial charge in [-0.05, 0) is 31.9 Å². The summed E-state index contributed by atoms with van der Waals surface area (Å²) in [6, 6.07) is 6.19. The van der Waals surface area contributed by atoms with Gasteiger partial charge in [-0.25, -0.2) is 0 Å². The molecule has 5 heteroatoms. The number of fused-ring (bicyclic) bond motifs is 1. The minimum atomic E-state index is -0.170. The molecule has 2 aliphatic heterocycles. The summed E-state index contributed by atoms with van der Waals surface area (Å²) in [6.45, 7) is 6.67. The van der Waals surface area contributed by atoms with Gasteiger partial charge in [-0.15, -0.1) is 0 Å². The summed E-state index contributed by atoms with van der Waals surface area (Å²) in [7, 11) is 0. The Morgan fingerprint density at radius 1 is 1.43 bits per heavy atom. The first-order valence-electron chi connectivity index (χ1n) is 7.59. The summed E-state index contributed by atoms with van der Waals surface area (Å²) in [5.74, 6) is 0.0548. The molecule has 0 aromatic heterocycles. The van der Waals surface area contributed by atoms with Gasteiger partial charge in [0.25, 0.3) is 0 Å². The Balaban J connectivity index is 1.55. The van der Waals surface area contributed by atoms with Gasteiger partial charge in [0, 0.05) is 18.7 Å². The molecule has 0 spiro atoms. The molecule has 1 aromatic carbocycles. The molecule has 5 nitrogen and oxygen atoms in total. The van der Waals surface area contributed by atoms with Crippen molar-refractivity contribution >= 4 is 11.6 Å². The first-order valence-corrected chi connectivity index (χ1v) is 7.59. The molecule has 1 amide bonds. The highest BCUT2D eigenvalue weighted by Crippen LogP contribution is 2.28. The third-order valence-corrected chi connectivity index (χ3v) is 4.35. The SMILES string of the molecule is Cc1cccc2c1NC(C(=O)NCC1NC(C)OC1C)C2. The third-order valence-electron chi connectivity index (χ3n) is 4.35. The number of hydrogen-bond donors (Lipinski definition) is 3. The van der Waals surface area contributed by atoms with E-state index in [4.69, 9.17) is 4.74 Å². The fourth-order valence-corrected chi connectivity index (χ4v) is 3.16. The maximum Gasteiger partial charge on any atom is 0.242 e. The molecule has 1 saturated heterocycles.